The number of fused-ring (bicyclic) bond motifs is 1. The van der Waals surface area contributed by atoms with Crippen molar-refractivity contribution in [1.82, 2.24) is 14.5 Å². The highest BCUT2D eigenvalue weighted by Crippen LogP contribution is 2.26. The molecule has 6 nitrogen and oxygen atoms in total. The molecule has 2 aromatic carbocycles. The number of para-hydroxylation sites is 1. The quantitative estimate of drug-likeness (QED) is 0.348. The lowest BCUT2D eigenvalue weighted by molar-refractivity contribution is 0.276. The number of aliphatic hydroxyl groups excluding tert-OH is 1. The van der Waals surface area contributed by atoms with Gasteiger partial charge in [0.2, 0.25) is 5.89 Å². The molecule has 0 bridgehead atoms. The fraction of sp³-hybridized carbons (Fsp3) is 0.190. The molecule has 0 aliphatic heterocycles. The van der Waals surface area contributed by atoms with Crippen molar-refractivity contribution in [2.75, 3.05) is 6.61 Å². The van der Waals surface area contributed by atoms with Gasteiger partial charge in [0.05, 0.1) is 22.9 Å². The van der Waals surface area contributed by atoms with Crippen LogP contribution in [0.5, 0.6) is 0 Å². The predicted octanol–water partition coefficient (Wildman–Crippen LogP) is 4.38. The lowest BCUT2D eigenvalue weighted by atomic mass is 10.2. The number of halogens is 1. The molecule has 0 spiro atoms. The summed E-state index contributed by atoms with van der Waals surface area (Å²) in [5.74, 6) is 1.62. The fourth-order valence-corrected chi connectivity index (χ4v) is 3.94. The molecule has 148 valence electrons. The number of aliphatic hydroxyl groups is 1. The van der Waals surface area contributed by atoms with E-state index in [1.54, 1.807) is 29.0 Å². The second kappa shape index (κ2) is 8.82. The van der Waals surface area contributed by atoms with Gasteiger partial charge in [0.1, 0.15) is 0 Å². The van der Waals surface area contributed by atoms with Gasteiger partial charge in [-0.2, -0.15) is 0 Å². The second-order valence-electron chi connectivity index (χ2n) is 6.36. The first-order chi connectivity index (χ1) is 14.2. The van der Waals surface area contributed by atoms with Crippen LogP contribution >= 0.6 is 23.4 Å². The van der Waals surface area contributed by atoms with Gasteiger partial charge in [-0.15, -0.1) is 0 Å². The summed E-state index contributed by atoms with van der Waals surface area (Å²) in [6.07, 6.45) is 2.15. The number of nitrogens with zero attached hydrogens (tertiary/aromatic N) is 3. The van der Waals surface area contributed by atoms with Gasteiger partial charge in [-0.25, -0.2) is 9.97 Å². The van der Waals surface area contributed by atoms with E-state index in [-0.39, 0.29) is 12.2 Å². The van der Waals surface area contributed by atoms with Crippen molar-refractivity contribution in [3.05, 3.63) is 76.0 Å². The first-order valence-corrected chi connectivity index (χ1v) is 10.5. The number of hydrogen-bond acceptors (Lipinski definition) is 6. The van der Waals surface area contributed by atoms with Gasteiger partial charge in [-0.3, -0.25) is 9.36 Å². The van der Waals surface area contributed by atoms with Crippen molar-refractivity contribution in [2.45, 2.75) is 23.9 Å². The van der Waals surface area contributed by atoms with Crippen LogP contribution in [-0.4, -0.2) is 26.2 Å². The van der Waals surface area contributed by atoms with Gasteiger partial charge in [0.15, 0.2) is 10.9 Å². The normalized spacial score (nSPS) is 11.2. The van der Waals surface area contributed by atoms with E-state index < -0.39 is 0 Å². The lowest BCUT2D eigenvalue weighted by Crippen LogP contribution is -2.24. The average Bonchev–Trinajstić information content (AvgIpc) is 3.21. The van der Waals surface area contributed by atoms with Gasteiger partial charge in [-0.05, 0) is 42.8 Å². The maximum atomic E-state index is 12.9. The molecule has 0 saturated carbocycles. The molecule has 0 aliphatic rings. The van der Waals surface area contributed by atoms with Crippen LogP contribution in [0.2, 0.25) is 5.02 Å². The van der Waals surface area contributed by atoms with Gasteiger partial charge >= 0.3 is 0 Å². The Kier molecular flexibility index (Phi) is 5.99. The van der Waals surface area contributed by atoms with Crippen LogP contribution < -0.4 is 5.56 Å². The van der Waals surface area contributed by atoms with Crippen LogP contribution in [0.15, 0.2) is 69.1 Å². The molecule has 29 heavy (non-hydrogen) atoms. The van der Waals surface area contributed by atoms with Crippen LogP contribution in [0.1, 0.15) is 12.3 Å². The summed E-state index contributed by atoms with van der Waals surface area (Å²) in [6.45, 7) is 0.407. The Bertz CT molecular complexity index is 1190. The number of aromatic nitrogens is 3. The molecule has 0 unspecified atom stereocenters. The van der Waals surface area contributed by atoms with E-state index in [4.69, 9.17) is 16.0 Å². The summed E-state index contributed by atoms with van der Waals surface area (Å²) in [5, 5.41) is 11.0. The Hall–Kier alpha value is -2.61. The molecular weight excluding hydrogens is 410 g/mol. The number of benzene rings is 2. The first kappa shape index (κ1) is 19.7. The molecule has 4 aromatic rings. The van der Waals surface area contributed by atoms with E-state index >= 15 is 0 Å². The molecule has 0 saturated heterocycles. The fourth-order valence-electron chi connectivity index (χ4n) is 2.93. The van der Waals surface area contributed by atoms with Crippen LogP contribution in [-0.2, 0) is 12.3 Å². The smallest absolute Gasteiger partial charge is 0.262 e. The standard InChI is InChI=1S/C21H18ClN3O3S/c22-15-8-6-14(7-9-15)18-12-23-19(28-18)13-29-21-24-17-5-2-1-4-16(17)20(27)25(21)10-3-11-26/h1-2,4-9,12,26H,3,10-11,13H2. The molecule has 0 radical (unpaired) electrons. The number of rotatable bonds is 7. The topological polar surface area (TPSA) is 81.2 Å². The minimum atomic E-state index is -0.110. The van der Waals surface area contributed by atoms with Crippen molar-refractivity contribution in [3.8, 4) is 11.3 Å². The summed E-state index contributed by atoms with van der Waals surface area (Å²) in [4.78, 5) is 21.8. The summed E-state index contributed by atoms with van der Waals surface area (Å²) in [6, 6.07) is 14.6. The van der Waals surface area contributed by atoms with E-state index in [0.29, 0.717) is 51.5 Å². The van der Waals surface area contributed by atoms with E-state index in [1.165, 1.54) is 11.8 Å². The number of hydrogen-bond donors (Lipinski definition) is 1. The molecule has 0 atom stereocenters. The van der Waals surface area contributed by atoms with Crippen molar-refractivity contribution < 1.29 is 9.52 Å². The molecule has 0 aliphatic carbocycles. The minimum Gasteiger partial charge on any atom is -0.440 e. The maximum absolute atomic E-state index is 12.9. The summed E-state index contributed by atoms with van der Waals surface area (Å²) >= 11 is 7.31. The van der Waals surface area contributed by atoms with Gasteiger partial charge < -0.3 is 9.52 Å². The van der Waals surface area contributed by atoms with Gasteiger partial charge in [-0.1, -0.05) is 35.5 Å². The van der Waals surface area contributed by atoms with Crippen molar-refractivity contribution in [3.63, 3.8) is 0 Å². The van der Waals surface area contributed by atoms with Crippen LogP contribution in [0.4, 0.5) is 0 Å². The monoisotopic (exact) mass is 427 g/mol. The van der Waals surface area contributed by atoms with Crippen molar-refractivity contribution in [1.29, 1.82) is 0 Å². The molecule has 8 heteroatoms. The van der Waals surface area contributed by atoms with Crippen molar-refractivity contribution in [2.24, 2.45) is 0 Å². The number of thioether (sulfide) groups is 1. The minimum absolute atomic E-state index is 0.00751. The van der Waals surface area contributed by atoms with Gasteiger partial charge in [0.25, 0.3) is 5.56 Å². The Labute approximate surface area is 176 Å². The SMILES string of the molecule is O=c1c2ccccc2nc(SCc2ncc(-c3ccc(Cl)cc3)o2)n1CCCO. The largest absolute Gasteiger partial charge is 0.440 e. The van der Waals surface area contributed by atoms with E-state index in [1.807, 2.05) is 30.3 Å². The third-order valence-electron chi connectivity index (χ3n) is 4.37. The molecule has 1 N–H and O–H groups in total. The first-order valence-electron chi connectivity index (χ1n) is 9.09. The Morgan fingerprint density at radius 1 is 1.14 bits per heavy atom. The molecule has 2 aromatic heterocycles. The summed E-state index contributed by atoms with van der Waals surface area (Å²) in [5.41, 5.74) is 1.43. The van der Waals surface area contributed by atoms with Gasteiger partial charge in [0, 0.05) is 23.7 Å². The Balaban J connectivity index is 1.59. The van der Waals surface area contributed by atoms with Crippen LogP contribution in [0, 0.1) is 0 Å². The maximum Gasteiger partial charge on any atom is 0.262 e. The second-order valence-corrected chi connectivity index (χ2v) is 7.74. The van der Waals surface area contributed by atoms with E-state index in [2.05, 4.69) is 9.97 Å². The Morgan fingerprint density at radius 2 is 1.93 bits per heavy atom. The van der Waals surface area contributed by atoms with Crippen LogP contribution in [0.25, 0.3) is 22.2 Å². The predicted molar refractivity (Wildman–Crippen MR) is 114 cm³/mol. The molecule has 2 heterocycles. The van der Waals surface area contributed by atoms with E-state index in [0.717, 1.165) is 5.56 Å². The zero-order chi connectivity index (χ0) is 20.2. The number of oxazole rings is 1. The molecule has 4 rings (SSSR count). The zero-order valence-electron chi connectivity index (χ0n) is 15.4. The van der Waals surface area contributed by atoms with Crippen molar-refractivity contribution >= 4 is 34.3 Å². The lowest BCUT2D eigenvalue weighted by Gasteiger charge is -2.12. The highest BCUT2D eigenvalue weighted by atomic mass is 35.5. The van der Waals surface area contributed by atoms with E-state index in [9.17, 15) is 9.90 Å². The molecule has 0 amide bonds. The third kappa shape index (κ3) is 4.37. The zero-order valence-corrected chi connectivity index (χ0v) is 17.0. The molecule has 0 fully saturated rings. The van der Waals surface area contributed by atoms with Crippen LogP contribution in [0.3, 0.4) is 0 Å². The highest BCUT2D eigenvalue weighted by Gasteiger charge is 2.13. The summed E-state index contributed by atoms with van der Waals surface area (Å²) in [7, 11) is 0. The average molecular weight is 428 g/mol. The molecular formula is C21H18ClN3O3S. The third-order valence-corrected chi connectivity index (χ3v) is 5.59. The Morgan fingerprint density at radius 3 is 2.72 bits per heavy atom. The highest BCUT2D eigenvalue weighted by molar-refractivity contribution is 7.98. The summed E-state index contributed by atoms with van der Waals surface area (Å²) < 4.78 is 7.44.